The van der Waals surface area contributed by atoms with Crippen molar-refractivity contribution in [2.45, 2.75) is 45.8 Å². The molecule has 1 saturated heterocycles. The Morgan fingerprint density at radius 1 is 1.27 bits per heavy atom. The van der Waals surface area contributed by atoms with Crippen LogP contribution in [0.1, 0.15) is 42.7 Å². The molecule has 7 nitrogen and oxygen atoms in total. The van der Waals surface area contributed by atoms with Gasteiger partial charge in [0.15, 0.2) is 5.69 Å². The van der Waals surface area contributed by atoms with E-state index in [9.17, 15) is 9.59 Å². The SMILES string of the molecule is CC(C)C(=O)N1CCCC1Cn1cc(C(=O)NCc2ccccc2)nn1. The molecule has 0 spiro atoms. The molecule has 1 unspecified atom stereocenters. The molecule has 3 rings (SSSR count). The Hall–Kier alpha value is -2.70. The van der Waals surface area contributed by atoms with Gasteiger partial charge in [-0.25, -0.2) is 4.68 Å². The number of carbonyl (C=O) groups is 2. The summed E-state index contributed by atoms with van der Waals surface area (Å²) in [6, 6.07) is 9.84. The number of benzene rings is 1. The number of nitrogens with zero attached hydrogens (tertiary/aromatic N) is 4. The summed E-state index contributed by atoms with van der Waals surface area (Å²) in [5.41, 5.74) is 1.32. The van der Waals surface area contributed by atoms with Gasteiger partial charge >= 0.3 is 0 Å². The zero-order valence-electron chi connectivity index (χ0n) is 15.3. The average molecular weight is 355 g/mol. The van der Waals surface area contributed by atoms with Crippen molar-refractivity contribution in [1.29, 1.82) is 0 Å². The molecule has 26 heavy (non-hydrogen) atoms. The second kappa shape index (κ2) is 8.12. The van der Waals surface area contributed by atoms with Crippen molar-refractivity contribution in [2.75, 3.05) is 6.54 Å². The van der Waals surface area contributed by atoms with Crippen LogP contribution in [-0.4, -0.2) is 44.3 Å². The first-order valence-corrected chi connectivity index (χ1v) is 9.07. The van der Waals surface area contributed by atoms with E-state index in [0.29, 0.717) is 18.8 Å². The van der Waals surface area contributed by atoms with Gasteiger partial charge in [0.1, 0.15) is 0 Å². The van der Waals surface area contributed by atoms with Crippen molar-refractivity contribution in [3.63, 3.8) is 0 Å². The van der Waals surface area contributed by atoms with Crippen LogP contribution in [0.15, 0.2) is 36.5 Å². The van der Waals surface area contributed by atoms with Crippen molar-refractivity contribution < 1.29 is 9.59 Å². The smallest absolute Gasteiger partial charge is 0.273 e. The molecular formula is C19H25N5O2. The number of nitrogens with one attached hydrogen (secondary N) is 1. The van der Waals surface area contributed by atoms with E-state index < -0.39 is 0 Å². The molecule has 1 fully saturated rings. The molecule has 2 amide bonds. The summed E-state index contributed by atoms with van der Waals surface area (Å²) in [5.74, 6) is -0.0826. The molecule has 0 radical (unpaired) electrons. The Labute approximate surface area is 153 Å². The lowest BCUT2D eigenvalue weighted by Gasteiger charge is -2.26. The van der Waals surface area contributed by atoms with Gasteiger partial charge in [0.2, 0.25) is 5.91 Å². The van der Waals surface area contributed by atoms with E-state index >= 15 is 0 Å². The van der Waals surface area contributed by atoms with E-state index in [1.807, 2.05) is 49.1 Å². The van der Waals surface area contributed by atoms with Crippen molar-refractivity contribution in [1.82, 2.24) is 25.2 Å². The molecule has 2 heterocycles. The van der Waals surface area contributed by atoms with E-state index in [1.165, 1.54) is 0 Å². The van der Waals surface area contributed by atoms with Crippen LogP contribution in [-0.2, 0) is 17.9 Å². The second-order valence-electron chi connectivity index (χ2n) is 6.98. The van der Waals surface area contributed by atoms with Gasteiger partial charge in [-0.2, -0.15) is 0 Å². The maximum absolute atomic E-state index is 12.3. The summed E-state index contributed by atoms with van der Waals surface area (Å²) in [7, 11) is 0. The zero-order valence-corrected chi connectivity index (χ0v) is 15.3. The lowest BCUT2D eigenvalue weighted by molar-refractivity contribution is -0.135. The Bertz CT molecular complexity index is 756. The normalized spacial score (nSPS) is 16.9. The van der Waals surface area contributed by atoms with Crippen molar-refractivity contribution in [3.05, 3.63) is 47.8 Å². The molecule has 0 bridgehead atoms. The van der Waals surface area contributed by atoms with Gasteiger partial charge in [0.05, 0.1) is 18.8 Å². The fourth-order valence-corrected chi connectivity index (χ4v) is 3.22. The van der Waals surface area contributed by atoms with E-state index in [1.54, 1.807) is 10.9 Å². The van der Waals surface area contributed by atoms with Crippen LogP contribution in [0.25, 0.3) is 0 Å². The van der Waals surface area contributed by atoms with Crippen LogP contribution in [0.4, 0.5) is 0 Å². The Morgan fingerprint density at radius 3 is 2.77 bits per heavy atom. The summed E-state index contributed by atoms with van der Waals surface area (Å²) in [4.78, 5) is 26.5. The summed E-state index contributed by atoms with van der Waals surface area (Å²) in [6.07, 6.45) is 3.60. The van der Waals surface area contributed by atoms with E-state index in [-0.39, 0.29) is 23.8 Å². The Morgan fingerprint density at radius 2 is 2.04 bits per heavy atom. The maximum Gasteiger partial charge on any atom is 0.273 e. The first kappa shape index (κ1) is 18.1. The molecule has 1 aliphatic rings. The lowest BCUT2D eigenvalue weighted by atomic mass is 10.1. The van der Waals surface area contributed by atoms with Gasteiger partial charge < -0.3 is 10.2 Å². The van der Waals surface area contributed by atoms with Gasteiger partial charge in [-0.1, -0.05) is 49.4 Å². The molecule has 1 aliphatic heterocycles. The molecule has 1 aromatic heterocycles. The molecule has 0 aliphatic carbocycles. The van der Waals surface area contributed by atoms with E-state index in [4.69, 9.17) is 0 Å². The molecule has 7 heteroatoms. The maximum atomic E-state index is 12.3. The number of aromatic nitrogens is 3. The van der Waals surface area contributed by atoms with Gasteiger partial charge in [-0.15, -0.1) is 5.10 Å². The van der Waals surface area contributed by atoms with Crippen LogP contribution < -0.4 is 5.32 Å². The molecular weight excluding hydrogens is 330 g/mol. The molecule has 1 atom stereocenters. The Kier molecular flexibility index (Phi) is 5.65. The number of likely N-dealkylation sites (tertiary alicyclic amines) is 1. The van der Waals surface area contributed by atoms with Crippen LogP contribution in [0.5, 0.6) is 0 Å². The number of hydrogen-bond acceptors (Lipinski definition) is 4. The highest BCUT2D eigenvalue weighted by Gasteiger charge is 2.30. The number of carbonyl (C=O) groups excluding carboxylic acids is 2. The number of rotatable bonds is 6. The molecule has 2 aromatic rings. The highest BCUT2D eigenvalue weighted by molar-refractivity contribution is 5.91. The van der Waals surface area contributed by atoms with Crippen molar-refractivity contribution in [3.8, 4) is 0 Å². The topological polar surface area (TPSA) is 80.1 Å². The molecule has 1 N–H and O–H groups in total. The highest BCUT2D eigenvalue weighted by atomic mass is 16.2. The third kappa shape index (κ3) is 4.28. The van der Waals surface area contributed by atoms with Gasteiger partial charge in [0.25, 0.3) is 5.91 Å². The Balaban J connectivity index is 1.57. The van der Waals surface area contributed by atoms with Crippen molar-refractivity contribution in [2.24, 2.45) is 5.92 Å². The first-order valence-electron chi connectivity index (χ1n) is 9.07. The van der Waals surface area contributed by atoms with Crippen LogP contribution in [0.2, 0.25) is 0 Å². The van der Waals surface area contributed by atoms with Gasteiger partial charge in [-0.3, -0.25) is 9.59 Å². The zero-order chi connectivity index (χ0) is 18.5. The minimum atomic E-state index is -0.248. The predicted octanol–water partition coefficient (Wildman–Crippen LogP) is 1.86. The third-order valence-electron chi connectivity index (χ3n) is 4.62. The quantitative estimate of drug-likeness (QED) is 0.858. The summed E-state index contributed by atoms with van der Waals surface area (Å²) in [6.45, 7) is 5.65. The highest BCUT2D eigenvalue weighted by Crippen LogP contribution is 2.21. The van der Waals surface area contributed by atoms with E-state index in [0.717, 1.165) is 24.9 Å². The molecule has 0 saturated carbocycles. The number of hydrogen-bond donors (Lipinski definition) is 1. The van der Waals surface area contributed by atoms with Crippen LogP contribution >= 0.6 is 0 Å². The lowest BCUT2D eigenvalue weighted by Crippen LogP contribution is -2.40. The fourth-order valence-electron chi connectivity index (χ4n) is 3.22. The minimum Gasteiger partial charge on any atom is -0.347 e. The molecule has 1 aromatic carbocycles. The van der Waals surface area contributed by atoms with Crippen LogP contribution in [0, 0.1) is 5.92 Å². The second-order valence-corrected chi connectivity index (χ2v) is 6.98. The predicted molar refractivity (Wildman–Crippen MR) is 97.2 cm³/mol. The standard InChI is InChI=1S/C19H25N5O2/c1-14(2)19(26)24-10-6-9-16(24)12-23-13-17(21-22-23)18(25)20-11-15-7-4-3-5-8-15/h3-5,7-8,13-14,16H,6,9-12H2,1-2H3,(H,20,25). The van der Waals surface area contributed by atoms with Crippen LogP contribution in [0.3, 0.4) is 0 Å². The van der Waals surface area contributed by atoms with Gasteiger partial charge in [-0.05, 0) is 18.4 Å². The molecule has 138 valence electrons. The minimum absolute atomic E-state index is 0.00864. The third-order valence-corrected chi connectivity index (χ3v) is 4.62. The van der Waals surface area contributed by atoms with Crippen molar-refractivity contribution >= 4 is 11.8 Å². The first-order chi connectivity index (χ1) is 12.5. The largest absolute Gasteiger partial charge is 0.347 e. The summed E-state index contributed by atoms with van der Waals surface area (Å²) in [5, 5.41) is 10.9. The monoisotopic (exact) mass is 355 g/mol. The fraction of sp³-hybridized carbons (Fsp3) is 0.474. The average Bonchev–Trinajstić information content (AvgIpc) is 3.30. The number of amides is 2. The summed E-state index contributed by atoms with van der Waals surface area (Å²) >= 11 is 0. The van der Waals surface area contributed by atoms with Gasteiger partial charge in [0, 0.05) is 19.0 Å². The summed E-state index contributed by atoms with van der Waals surface area (Å²) < 4.78 is 1.66. The van der Waals surface area contributed by atoms with E-state index in [2.05, 4.69) is 15.6 Å².